The lowest BCUT2D eigenvalue weighted by molar-refractivity contribution is -0.384. The molecule has 10 nitrogen and oxygen atoms in total. The zero-order valence-corrected chi connectivity index (χ0v) is 18.5. The Morgan fingerprint density at radius 2 is 1.76 bits per heavy atom. The zero-order valence-electron chi connectivity index (χ0n) is 17.7. The van der Waals surface area contributed by atoms with E-state index in [9.17, 15) is 24.5 Å². The number of halogens is 1. The number of carbonyl (C=O) groups is 3. The molecule has 4 rings (SSSR count). The fourth-order valence-electron chi connectivity index (χ4n) is 3.98. The molecule has 2 heterocycles. The number of rotatable bonds is 6. The number of nitrogens with one attached hydrogen (secondary N) is 1. The van der Waals surface area contributed by atoms with Crippen LogP contribution in [0.1, 0.15) is 27.1 Å². The highest BCUT2D eigenvalue weighted by atomic mass is 35.5. The Morgan fingerprint density at radius 3 is 2.45 bits per heavy atom. The summed E-state index contributed by atoms with van der Waals surface area (Å²) in [5.74, 6) is -1.03. The van der Waals surface area contributed by atoms with Crippen molar-refractivity contribution < 1.29 is 19.3 Å². The van der Waals surface area contributed by atoms with Gasteiger partial charge in [0.15, 0.2) is 0 Å². The first-order valence-electron chi connectivity index (χ1n) is 10.5. The minimum atomic E-state index is -0.606. The largest absolute Gasteiger partial charge is 0.368 e. The minimum absolute atomic E-state index is 0.0378. The highest BCUT2D eigenvalue weighted by Crippen LogP contribution is 2.27. The molecule has 0 aliphatic carbocycles. The van der Waals surface area contributed by atoms with Crippen molar-refractivity contribution in [3.63, 3.8) is 0 Å². The molecule has 1 N–H and O–H groups in total. The van der Waals surface area contributed by atoms with Gasteiger partial charge in [0, 0.05) is 62.1 Å². The molecule has 4 amide bonds. The molecule has 1 saturated heterocycles. The molecule has 2 aromatic carbocycles. The number of nitrogens with zero attached hydrogens (tertiary/aromatic N) is 4. The van der Waals surface area contributed by atoms with Crippen molar-refractivity contribution in [2.45, 2.75) is 6.42 Å². The summed E-state index contributed by atoms with van der Waals surface area (Å²) in [6.45, 7) is 2.92. The summed E-state index contributed by atoms with van der Waals surface area (Å²) in [5, 5.41) is 14.4. The second-order valence-electron chi connectivity index (χ2n) is 7.79. The van der Waals surface area contributed by atoms with Crippen LogP contribution in [0, 0.1) is 10.1 Å². The summed E-state index contributed by atoms with van der Waals surface area (Å²) in [6, 6.07) is 11.0. The zero-order chi connectivity index (χ0) is 23.5. The molecule has 33 heavy (non-hydrogen) atoms. The molecule has 0 spiro atoms. The van der Waals surface area contributed by atoms with Gasteiger partial charge in [-0.3, -0.25) is 24.6 Å². The van der Waals surface area contributed by atoms with Crippen LogP contribution in [0.3, 0.4) is 0 Å². The van der Waals surface area contributed by atoms with Crippen LogP contribution in [-0.4, -0.2) is 71.8 Å². The van der Waals surface area contributed by atoms with E-state index in [1.54, 1.807) is 4.90 Å². The van der Waals surface area contributed by atoms with Crippen molar-refractivity contribution in [2.75, 3.05) is 44.2 Å². The number of piperazine rings is 1. The van der Waals surface area contributed by atoms with Crippen molar-refractivity contribution in [1.29, 1.82) is 0 Å². The van der Waals surface area contributed by atoms with E-state index < -0.39 is 16.7 Å². The number of hydrogen-bond acceptors (Lipinski definition) is 6. The number of benzene rings is 2. The number of nitro groups is 1. The van der Waals surface area contributed by atoms with E-state index in [0.717, 1.165) is 16.7 Å². The third kappa shape index (κ3) is 4.75. The summed E-state index contributed by atoms with van der Waals surface area (Å²) in [6.07, 6.45) is 0.377. The quantitative estimate of drug-likeness (QED) is 0.300. The molecular weight excluding hydrogens is 450 g/mol. The van der Waals surface area contributed by atoms with E-state index in [4.69, 9.17) is 11.6 Å². The number of carbonyl (C=O) groups excluding carboxylic acids is 3. The van der Waals surface area contributed by atoms with Crippen LogP contribution in [0.25, 0.3) is 0 Å². The summed E-state index contributed by atoms with van der Waals surface area (Å²) < 4.78 is 0. The Hall–Kier alpha value is -3.66. The van der Waals surface area contributed by atoms with E-state index in [0.29, 0.717) is 44.2 Å². The first-order valence-corrected chi connectivity index (χ1v) is 10.9. The third-order valence-corrected chi connectivity index (χ3v) is 5.98. The Kier molecular flexibility index (Phi) is 6.45. The summed E-state index contributed by atoms with van der Waals surface area (Å²) in [7, 11) is 0. The maximum Gasteiger partial charge on any atom is 0.317 e. The molecule has 2 aliphatic rings. The van der Waals surface area contributed by atoms with E-state index in [1.165, 1.54) is 12.1 Å². The smallest absolute Gasteiger partial charge is 0.317 e. The first-order chi connectivity index (χ1) is 15.8. The molecule has 0 aromatic heterocycles. The number of anilines is 1. The number of urea groups is 1. The van der Waals surface area contributed by atoms with Gasteiger partial charge in [0.1, 0.15) is 0 Å². The van der Waals surface area contributed by atoms with Crippen molar-refractivity contribution in [3.8, 4) is 0 Å². The van der Waals surface area contributed by atoms with Crippen LogP contribution in [0.2, 0.25) is 5.02 Å². The first kappa shape index (κ1) is 22.5. The highest BCUT2D eigenvalue weighted by Gasteiger charge is 2.36. The van der Waals surface area contributed by atoms with Crippen LogP contribution in [0.4, 0.5) is 16.2 Å². The van der Waals surface area contributed by atoms with Crippen molar-refractivity contribution in [3.05, 3.63) is 68.7 Å². The number of hydrogen-bond donors (Lipinski definition) is 1. The van der Waals surface area contributed by atoms with Gasteiger partial charge in [-0.05, 0) is 30.7 Å². The molecule has 2 aliphatic heterocycles. The van der Waals surface area contributed by atoms with Crippen molar-refractivity contribution in [1.82, 2.24) is 15.1 Å². The molecule has 0 atom stereocenters. The number of nitro benzene ring substituents is 1. The minimum Gasteiger partial charge on any atom is -0.368 e. The van der Waals surface area contributed by atoms with Crippen LogP contribution < -0.4 is 10.2 Å². The van der Waals surface area contributed by atoms with E-state index in [-0.39, 0.29) is 29.4 Å². The third-order valence-electron chi connectivity index (χ3n) is 5.74. The second-order valence-corrected chi connectivity index (χ2v) is 8.22. The second kappa shape index (κ2) is 9.45. The molecule has 0 radical (unpaired) electrons. The van der Waals surface area contributed by atoms with E-state index in [1.807, 2.05) is 24.3 Å². The lowest BCUT2D eigenvalue weighted by atomic mass is 10.1. The van der Waals surface area contributed by atoms with Gasteiger partial charge < -0.3 is 15.1 Å². The number of amides is 4. The van der Waals surface area contributed by atoms with Crippen LogP contribution in [0.15, 0.2) is 42.5 Å². The number of imide groups is 1. The Labute approximate surface area is 194 Å². The Balaban J connectivity index is 1.22. The van der Waals surface area contributed by atoms with Gasteiger partial charge in [-0.1, -0.05) is 17.7 Å². The molecule has 172 valence electrons. The van der Waals surface area contributed by atoms with Gasteiger partial charge in [0.2, 0.25) is 0 Å². The van der Waals surface area contributed by atoms with Gasteiger partial charge in [-0.15, -0.1) is 0 Å². The lowest BCUT2D eigenvalue weighted by Gasteiger charge is -2.36. The lowest BCUT2D eigenvalue weighted by Crippen LogP contribution is -2.52. The topological polar surface area (TPSA) is 116 Å². The Morgan fingerprint density at radius 1 is 1.03 bits per heavy atom. The molecular formula is C22H22ClN5O5. The SMILES string of the molecule is O=C(NCCCN1C(=O)c2ccc([N+](=O)[O-])cc2C1=O)N1CCN(c2cccc(Cl)c2)CC1. The van der Waals surface area contributed by atoms with E-state index >= 15 is 0 Å². The van der Waals surface area contributed by atoms with Gasteiger partial charge in [-0.25, -0.2) is 4.79 Å². The maximum atomic E-state index is 12.5. The maximum absolute atomic E-state index is 12.5. The van der Waals surface area contributed by atoms with Gasteiger partial charge in [-0.2, -0.15) is 0 Å². The van der Waals surface area contributed by atoms with Crippen molar-refractivity contribution in [2.24, 2.45) is 0 Å². The summed E-state index contributed by atoms with van der Waals surface area (Å²) in [5.41, 5.74) is 0.983. The predicted molar refractivity (Wildman–Crippen MR) is 122 cm³/mol. The van der Waals surface area contributed by atoms with Crippen LogP contribution in [0.5, 0.6) is 0 Å². The summed E-state index contributed by atoms with van der Waals surface area (Å²) >= 11 is 6.05. The predicted octanol–water partition coefficient (Wildman–Crippen LogP) is 2.77. The average Bonchev–Trinajstić information content (AvgIpc) is 3.06. The summed E-state index contributed by atoms with van der Waals surface area (Å²) in [4.78, 5) is 52.7. The van der Waals surface area contributed by atoms with Crippen LogP contribution in [-0.2, 0) is 0 Å². The molecule has 2 aromatic rings. The number of non-ortho nitro benzene ring substituents is 1. The van der Waals surface area contributed by atoms with Gasteiger partial charge >= 0.3 is 6.03 Å². The fourth-order valence-corrected chi connectivity index (χ4v) is 4.16. The average molecular weight is 472 g/mol. The molecule has 0 unspecified atom stereocenters. The normalized spacial score (nSPS) is 15.6. The standard InChI is InChI=1S/C22H22ClN5O5/c23-15-3-1-4-16(13-15)25-9-11-26(12-10-25)22(31)24-7-2-8-27-20(29)18-6-5-17(28(32)33)14-19(18)21(27)30/h1,3-6,13-14H,2,7-12H2,(H,24,31). The monoisotopic (exact) mass is 471 g/mol. The van der Waals surface area contributed by atoms with Gasteiger partial charge in [0.25, 0.3) is 17.5 Å². The van der Waals surface area contributed by atoms with Gasteiger partial charge in [0.05, 0.1) is 16.1 Å². The number of fused-ring (bicyclic) bond motifs is 1. The molecule has 0 bridgehead atoms. The molecule has 11 heteroatoms. The fraction of sp³-hybridized carbons (Fsp3) is 0.318. The highest BCUT2D eigenvalue weighted by molar-refractivity contribution is 6.30. The molecule has 1 fully saturated rings. The Bertz CT molecular complexity index is 1120. The van der Waals surface area contributed by atoms with E-state index in [2.05, 4.69) is 10.2 Å². The van der Waals surface area contributed by atoms with Crippen LogP contribution >= 0.6 is 11.6 Å². The molecule has 0 saturated carbocycles. The van der Waals surface area contributed by atoms with Crippen molar-refractivity contribution >= 4 is 40.8 Å².